The van der Waals surface area contributed by atoms with Crippen molar-refractivity contribution in [2.75, 3.05) is 0 Å². The van der Waals surface area contributed by atoms with Crippen LogP contribution in [0.4, 0.5) is 0 Å². The van der Waals surface area contributed by atoms with E-state index in [1.54, 1.807) is 17.2 Å². The van der Waals surface area contributed by atoms with E-state index in [1.807, 2.05) is 19.4 Å². The maximum Gasteiger partial charge on any atom is 0.0927 e. The lowest BCUT2D eigenvalue weighted by molar-refractivity contribution is 0.768. The molecule has 0 aliphatic rings. The number of imidazole rings is 1. The van der Waals surface area contributed by atoms with Gasteiger partial charge in [0.2, 0.25) is 0 Å². The summed E-state index contributed by atoms with van der Waals surface area (Å²) in [6, 6.07) is 0. The van der Waals surface area contributed by atoms with E-state index in [-0.39, 0.29) is 12.4 Å². The number of aryl methyl sites for hydroxylation is 1. The normalized spacial score (nSPS) is 9.42. The Balaban J connectivity index is 0.000000720. The summed E-state index contributed by atoms with van der Waals surface area (Å²) in [6.45, 7) is 0. The summed E-state index contributed by atoms with van der Waals surface area (Å²) in [4.78, 5) is 6.98. The number of aromatic nitrogens is 4. The minimum atomic E-state index is 0. The van der Waals surface area contributed by atoms with Gasteiger partial charge in [-0.1, -0.05) is 0 Å². The van der Waals surface area contributed by atoms with Crippen molar-refractivity contribution in [3.63, 3.8) is 0 Å². The fourth-order valence-electron chi connectivity index (χ4n) is 0.972. The van der Waals surface area contributed by atoms with E-state index in [4.69, 9.17) is 0 Å². The van der Waals surface area contributed by atoms with Gasteiger partial charge in [0.1, 0.15) is 0 Å². The van der Waals surface area contributed by atoms with Crippen LogP contribution in [0.15, 0.2) is 24.9 Å². The molecule has 64 valence electrons. The number of hydrogen-bond acceptors (Lipinski definition) is 2. The number of halogens is 1. The van der Waals surface area contributed by atoms with E-state index < -0.39 is 0 Å². The summed E-state index contributed by atoms with van der Waals surface area (Å²) in [6.07, 6.45) is 7.21. The summed E-state index contributed by atoms with van der Waals surface area (Å²) < 4.78 is 1.75. The van der Waals surface area contributed by atoms with Gasteiger partial charge in [-0.2, -0.15) is 5.10 Å². The van der Waals surface area contributed by atoms with Gasteiger partial charge in [0.25, 0.3) is 0 Å². The van der Waals surface area contributed by atoms with Gasteiger partial charge < -0.3 is 4.98 Å². The van der Waals surface area contributed by atoms with E-state index in [0.29, 0.717) is 0 Å². The van der Waals surface area contributed by atoms with E-state index in [0.717, 1.165) is 11.3 Å². The molecule has 2 heterocycles. The lowest BCUT2D eigenvalue weighted by Gasteiger charge is -1.84. The quantitative estimate of drug-likeness (QED) is 0.725. The molecule has 2 aromatic rings. The molecule has 0 bridgehead atoms. The molecule has 0 fully saturated rings. The van der Waals surface area contributed by atoms with Gasteiger partial charge in [0.05, 0.1) is 18.2 Å². The van der Waals surface area contributed by atoms with E-state index in [9.17, 15) is 0 Å². The Morgan fingerprint density at radius 1 is 1.50 bits per heavy atom. The summed E-state index contributed by atoms with van der Waals surface area (Å²) in [5.74, 6) is 0. The van der Waals surface area contributed by atoms with Crippen molar-refractivity contribution in [2.45, 2.75) is 0 Å². The predicted molar refractivity (Wildman–Crippen MR) is 48.0 cm³/mol. The van der Waals surface area contributed by atoms with E-state index in [2.05, 4.69) is 15.1 Å². The molecule has 0 aliphatic carbocycles. The standard InChI is InChI=1S/C7H8N4.ClH/c1-11-4-6(2-10-11)7-3-8-5-9-7;/h2-5H,1H3,(H,8,9);1H. The van der Waals surface area contributed by atoms with Gasteiger partial charge in [-0.25, -0.2) is 4.98 Å². The third kappa shape index (κ3) is 1.48. The average molecular weight is 185 g/mol. The third-order valence-electron chi connectivity index (χ3n) is 1.50. The molecule has 0 saturated carbocycles. The monoisotopic (exact) mass is 184 g/mol. The molecule has 0 aliphatic heterocycles. The SMILES string of the molecule is Cl.Cn1cc(-c2c[nH]cn2)cn1. The molecule has 0 saturated heterocycles. The molecule has 0 amide bonds. The van der Waals surface area contributed by atoms with Crippen LogP contribution in [-0.2, 0) is 7.05 Å². The molecule has 0 radical (unpaired) electrons. The van der Waals surface area contributed by atoms with Crippen LogP contribution < -0.4 is 0 Å². The Labute approximate surface area is 76.0 Å². The average Bonchev–Trinajstić information content (AvgIpc) is 2.55. The van der Waals surface area contributed by atoms with Gasteiger partial charge in [-0.3, -0.25) is 4.68 Å². The van der Waals surface area contributed by atoms with Gasteiger partial charge in [-0.15, -0.1) is 12.4 Å². The zero-order valence-electron chi connectivity index (χ0n) is 6.56. The molecular weight excluding hydrogens is 176 g/mol. The largest absolute Gasteiger partial charge is 0.351 e. The van der Waals surface area contributed by atoms with Gasteiger partial charge in [0, 0.05) is 25.0 Å². The highest BCUT2D eigenvalue weighted by atomic mass is 35.5. The molecule has 1 N–H and O–H groups in total. The second-order valence-electron chi connectivity index (χ2n) is 2.36. The maximum atomic E-state index is 4.09. The Morgan fingerprint density at radius 2 is 2.33 bits per heavy atom. The minimum absolute atomic E-state index is 0. The highest BCUT2D eigenvalue weighted by molar-refractivity contribution is 5.85. The summed E-state index contributed by atoms with van der Waals surface area (Å²) in [5, 5.41) is 4.04. The number of H-pyrrole nitrogens is 1. The van der Waals surface area contributed by atoms with Crippen molar-refractivity contribution in [3.8, 4) is 11.3 Å². The number of nitrogens with zero attached hydrogens (tertiary/aromatic N) is 3. The summed E-state index contributed by atoms with van der Waals surface area (Å²) >= 11 is 0. The van der Waals surface area contributed by atoms with Crippen LogP contribution in [0.2, 0.25) is 0 Å². The molecule has 2 aromatic heterocycles. The van der Waals surface area contributed by atoms with Crippen LogP contribution >= 0.6 is 12.4 Å². The molecule has 4 nitrogen and oxygen atoms in total. The minimum Gasteiger partial charge on any atom is -0.351 e. The van der Waals surface area contributed by atoms with Crippen molar-refractivity contribution in [3.05, 3.63) is 24.9 Å². The summed E-state index contributed by atoms with van der Waals surface area (Å²) in [7, 11) is 1.89. The second kappa shape index (κ2) is 3.40. The van der Waals surface area contributed by atoms with Crippen molar-refractivity contribution < 1.29 is 0 Å². The first-order valence-electron chi connectivity index (χ1n) is 3.34. The van der Waals surface area contributed by atoms with Crippen molar-refractivity contribution in [1.29, 1.82) is 0 Å². The fraction of sp³-hybridized carbons (Fsp3) is 0.143. The van der Waals surface area contributed by atoms with E-state index in [1.165, 1.54) is 0 Å². The van der Waals surface area contributed by atoms with Crippen LogP contribution in [0.25, 0.3) is 11.3 Å². The number of rotatable bonds is 1. The molecule has 2 rings (SSSR count). The number of nitrogens with one attached hydrogen (secondary N) is 1. The first kappa shape index (κ1) is 8.80. The van der Waals surface area contributed by atoms with Crippen LogP contribution in [-0.4, -0.2) is 19.7 Å². The molecule has 0 atom stereocenters. The number of hydrogen-bond donors (Lipinski definition) is 1. The third-order valence-corrected chi connectivity index (χ3v) is 1.50. The van der Waals surface area contributed by atoms with Crippen LogP contribution in [0.1, 0.15) is 0 Å². The van der Waals surface area contributed by atoms with Crippen LogP contribution in [0, 0.1) is 0 Å². The molecule has 5 heteroatoms. The molecule has 0 spiro atoms. The second-order valence-corrected chi connectivity index (χ2v) is 2.36. The Morgan fingerprint density at radius 3 is 2.83 bits per heavy atom. The molecule has 12 heavy (non-hydrogen) atoms. The first-order valence-corrected chi connectivity index (χ1v) is 3.34. The zero-order valence-corrected chi connectivity index (χ0v) is 7.38. The maximum absolute atomic E-state index is 4.09. The van der Waals surface area contributed by atoms with Gasteiger partial charge >= 0.3 is 0 Å². The zero-order chi connectivity index (χ0) is 7.68. The van der Waals surface area contributed by atoms with Crippen molar-refractivity contribution >= 4 is 12.4 Å². The number of aromatic amines is 1. The fourth-order valence-corrected chi connectivity index (χ4v) is 0.972. The van der Waals surface area contributed by atoms with Gasteiger partial charge in [0.15, 0.2) is 0 Å². The van der Waals surface area contributed by atoms with Crippen molar-refractivity contribution in [1.82, 2.24) is 19.7 Å². The van der Waals surface area contributed by atoms with Gasteiger partial charge in [-0.05, 0) is 0 Å². The predicted octanol–water partition coefficient (Wildman–Crippen LogP) is 1.23. The smallest absolute Gasteiger partial charge is 0.0927 e. The van der Waals surface area contributed by atoms with E-state index >= 15 is 0 Å². The Kier molecular flexibility index (Phi) is 2.50. The van der Waals surface area contributed by atoms with Crippen LogP contribution in [0.5, 0.6) is 0 Å². The molecular formula is C7H9ClN4. The molecule has 0 aromatic carbocycles. The Hall–Kier alpha value is -1.29. The highest BCUT2D eigenvalue weighted by Crippen LogP contribution is 2.12. The summed E-state index contributed by atoms with van der Waals surface area (Å²) in [5.41, 5.74) is 1.96. The van der Waals surface area contributed by atoms with Crippen molar-refractivity contribution in [2.24, 2.45) is 7.05 Å². The lowest BCUT2D eigenvalue weighted by Crippen LogP contribution is -1.84. The lowest BCUT2D eigenvalue weighted by atomic mass is 10.3. The topological polar surface area (TPSA) is 46.5 Å². The highest BCUT2D eigenvalue weighted by Gasteiger charge is 1.99. The van der Waals surface area contributed by atoms with Crippen LogP contribution in [0.3, 0.4) is 0 Å². The molecule has 0 unspecified atom stereocenters. The Bertz CT molecular complexity index is 338. The first-order chi connectivity index (χ1) is 5.36.